The third-order valence-electron chi connectivity index (χ3n) is 3.53. The molecule has 0 spiro atoms. The van der Waals surface area contributed by atoms with Crippen LogP contribution in [0, 0.1) is 0 Å². The average Bonchev–Trinajstić information content (AvgIpc) is 2.63. The third-order valence-corrected chi connectivity index (χ3v) is 3.53. The van der Waals surface area contributed by atoms with Crippen molar-refractivity contribution in [3.8, 4) is 17.2 Å². The number of halogens is 1. The van der Waals surface area contributed by atoms with Crippen molar-refractivity contribution in [1.29, 1.82) is 0 Å². The molecule has 136 valence electrons. The molecular formula is C18H24IN3O3. The zero-order chi connectivity index (χ0) is 17.4. The van der Waals surface area contributed by atoms with Crippen LogP contribution in [0.3, 0.4) is 0 Å². The standard InChI is InChI=1S/C18H23N3O3.HI/c1-19-18(20-11-13-7-5-4-6-8-13)21-12-14-9-15(23-2)17(22)16(10-14)24-3;/h4-10,22H,11-12H2,1-3H3,(H2,19,20,21);1H. The van der Waals surface area contributed by atoms with E-state index < -0.39 is 0 Å². The highest BCUT2D eigenvalue weighted by atomic mass is 127. The lowest BCUT2D eigenvalue weighted by Crippen LogP contribution is -2.36. The lowest BCUT2D eigenvalue weighted by molar-refractivity contribution is 0.339. The van der Waals surface area contributed by atoms with Gasteiger partial charge < -0.3 is 25.2 Å². The van der Waals surface area contributed by atoms with Crippen molar-refractivity contribution in [3.63, 3.8) is 0 Å². The number of rotatable bonds is 6. The van der Waals surface area contributed by atoms with Crippen LogP contribution in [0.25, 0.3) is 0 Å². The van der Waals surface area contributed by atoms with Crippen molar-refractivity contribution in [2.45, 2.75) is 13.1 Å². The monoisotopic (exact) mass is 457 g/mol. The van der Waals surface area contributed by atoms with Crippen LogP contribution >= 0.6 is 24.0 Å². The molecule has 2 aromatic carbocycles. The molecule has 0 heterocycles. The Morgan fingerprint density at radius 2 is 1.48 bits per heavy atom. The molecule has 0 aliphatic heterocycles. The second kappa shape index (κ2) is 10.7. The molecule has 0 unspecified atom stereocenters. The van der Waals surface area contributed by atoms with Crippen molar-refractivity contribution in [2.75, 3.05) is 21.3 Å². The first-order chi connectivity index (χ1) is 11.7. The number of guanidine groups is 1. The Morgan fingerprint density at radius 1 is 0.960 bits per heavy atom. The first kappa shape index (κ1) is 20.9. The number of hydrogen-bond donors (Lipinski definition) is 3. The molecule has 0 bridgehead atoms. The van der Waals surface area contributed by atoms with Gasteiger partial charge in [-0.3, -0.25) is 4.99 Å². The molecule has 3 N–H and O–H groups in total. The van der Waals surface area contributed by atoms with Crippen LogP contribution in [0.2, 0.25) is 0 Å². The Morgan fingerprint density at radius 3 is 1.96 bits per heavy atom. The van der Waals surface area contributed by atoms with Gasteiger partial charge in [0.1, 0.15) is 0 Å². The number of nitrogens with zero attached hydrogens (tertiary/aromatic N) is 1. The lowest BCUT2D eigenvalue weighted by Gasteiger charge is -2.14. The average molecular weight is 457 g/mol. The van der Waals surface area contributed by atoms with Gasteiger partial charge >= 0.3 is 0 Å². The summed E-state index contributed by atoms with van der Waals surface area (Å²) in [6.07, 6.45) is 0. The van der Waals surface area contributed by atoms with Gasteiger partial charge in [-0.25, -0.2) is 0 Å². The van der Waals surface area contributed by atoms with Gasteiger partial charge in [-0.2, -0.15) is 0 Å². The number of aliphatic imine (C=N–C) groups is 1. The third kappa shape index (κ3) is 6.00. The van der Waals surface area contributed by atoms with Crippen LogP contribution in [0.4, 0.5) is 0 Å². The molecular weight excluding hydrogens is 433 g/mol. The predicted molar refractivity (Wildman–Crippen MR) is 110 cm³/mol. The summed E-state index contributed by atoms with van der Waals surface area (Å²) in [7, 11) is 4.73. The maximum atomic E-state index is 9.94. The van der Waals surface area contributed by atoms with Crippen LogP contribution in [-0.4, -0.2) is 32.3 Å². The van der Waals surface area contributed by atoms with Crippen LogP contribution < -0.4 is 20.1 Å². The van der Waals surface area contributed by atoms with Crippen LogP contribution in [0.1, 0.15) is 11.1 Å². The number of phenols is 1. The number of methoxy groups -OCH3 is 2. The predicted octanol–water partition coefficient (Wildman–Crippen LogP) is 2.89. The first-order valence-corrected chi connectivity index (χ1v) is 7.60. The first-order valence-electron chi connectivity index (χ1n) is 7.60. The molecule has 2 rings (SSSR count). The minimum atomic E-state index is -0.00432. The summed E-state index contributed by atoms with van der Waals surface area (Å²) in [6, 6.07) is 13.6. The van der Waals surface area contributed by atoms with Crippen molar-refractivity contribution in [2.24, 2.45) is 4.99 Å². The number of aromatic hydroxyl groups is 1. The lowest BCUT2D eigenvalue weighted by atomic mass is 10.2. The SMILES string of the molecule is CN=C(NCc1ccccc1)NCc1cc(OC)c(O)c(OC)c1.I. The summed E-state index contributed by atoms with van der Waals surface area (Å²) in [5.41, 5.74) is 2.08. The molecule has 0 atom stereocenters. The fourth-order valence-corrected chi connectivity index (χ4v) is 2.24. The maximum absolute atomic E-state index is 9.94. The molecule has 0 radical (unpaired) electrons. The Kier molecular flexibility index (Phi) is 8.90. The minimum absolute atomic E-state index is 0. The molecule has 0 aromatic heterocycles. The summed E-state index contributed by atoms with van der Waals surface area (Å²) in [4.78, 5) is 4.20. The molecule has 0 fully saturated rings. The molecule has 0 aliphatic carbocycles. The minimum Gasteiger partial charge on any atom is -0.502 e. The Hall–Kier alpha value is -2.16. The van der Waals surface area contributed by atoms with E-state index in [1.807, 2.05) is 18.2 Å². The number of benzene rings is 2. The van der Waals surface area contributed by atoms with E-state index in [2.05, 4.69) is 27.8 Å². The van der Waals surface area contributed by atoms with Gasteiger partial charge in [0.2, 0.25) is 5.75 Å². The molecule has 6 nitrogen and oxygen atoms in total. The Bertz CT molecular complexity index is 668. The zero-order valence-electron chi connectivity index (χ0n) is 14.6. The van der Waals surface area contributed by atoms with E-state index in [-0.39, 0.29) is 29.7 Å². The second-order valence-electron chi connectivity index (χ2n) is 5.11. The smallest absolute Gasteiger partial charge is 0.200 e. The molecule has 2 aromatic rings. The highest BCUT2D eigenvalue weighted by Crippen LogP contribution is 2.36. The van der Waals surface area contributed by atoms with E-state index in [1.165, 1.54) is 19.8 Å². The number of nitrogens with one attached hydrogen (secondary N) is 2. The summed E-state index contributed by atoms with van der Waals surface area (Å²) in [5, 5.41) is 16.4. The molecule has 0 aliphatic rings. The zero-order valence-corrected chi connectivity index (χ0v) is 16.9. The number of phenolic OH excluding ortho intramolecular Hbond substituents is 1. The molecule has 0 saturated heterocycles. The van der Waals surface area contributed by atoms with Crippen molar-refractivity contribution in [1.82, 2.24) is 10.6 Å². The second-order valence-corrected chi connectivity index (χ2v) is 5.11. The van der Waals surface area contributed by atoms with Gasteiger partial charge in [-0.05, 0) is 23.3 Å². The summed E-state index contributed by atoms with van der Waals surface area (Å²) in [6.45, 7) is 1.20. The summed E-state index contributed by atoms with van der Waals surface area (Å²) >= 11 is 0. The number of ether oxygens (including phenoxy) is 2. The van der Waals surface area contributed by atoms with Gasteiger partial charge in [0.05, 0.1) is 14.2 Å². The highest BCUT2D eigenvalue weighted by Gasteiger charge is 2.11. The summed E-state index contributed by atoms with van der Waals surface area (Å²) in [5.74, 6) is 1.43. The van der Waals surface area contributed by atoms with Gasteiger partial charge in [0, 0.05) is 20.1 Å². The molecule has 7 heteroatoms. The van der Waals surface area contributed by atoms with Crippen LogP contribution in [-0.2, 0) is 13.1 Å². The van der Waals surface area contributed by atoms with Crippen molar-refractivity contribution < 1.29 is 14.6 Å². The van der Waals surface area contributed by atoms with Gasteiger partial charge in [-0.15, -0.1) is 24.0 Å². The fourth-order valence-electron chi connectivity index (χ4n) is 2.24. The van der Waals surface area contributed by atoms with Gasteiger partial charge in [-0.1, -0.05) is 30.3 Å². The van der Waals surface area contributed by atoms with E-state index in [9.17, 15) is 5.11 Å². The van der Waals surface area contributed by atoms with E-state index in [4.69, 9.17) is 9.47 Å². The van der Waals surface area contributed by atoms with Crippen molar-refractivity contribution in [3.05, 3.63) is 53.6 Å². The maximum Gasteiger partial charge on any atom is 0.200 e. The molecule has 25 heavy (non-hydrogen) atoms. The van der Waals surface area contributed by atoms with Gasteiger partial charge in [0.25, 0.3) is 0 Å². The molecule has 0 amide bonds. The number of hydrogen-bond acceptors (Lipinski definition) is 4. The largest absolute Gasteiger partial charge is 0.502 e. The van der Waals surface area contributed by atoms with Crippen LogP contribution in [0.5, 0.6) is 17.2 Å². The normalized spacial score (nSPS) is 10.6. The summed E-state index contributed by atoms with van der Waals surface area (Å²) < 4.78 is 10.3. The quantitative estimate of drug-likeness (QED) is 0.354. The van der Waals surface area contributed by atoms with E-state index >= 15 is 0 Å². The van der Waals surface area contributed by atoms with Crippen molar-refractivity contribution >= 4 is 29.9 Å². The Labute approximate surface area is 165 Å². The Balaban J connectivity index is 0.00000312. The van der Waals surface area contributed by atoms with Gasteiger partial charge in [0.15, 0.2) is 17.5 Å². The molecule has 0 saturated carbocycles. The van der Waals surface area contributed by atoms with Crippen LogP contribution in [0.15, 0.2) is 47.5 Å². The topological polar surface area (TPSA) is 75.1 Å². The van der Waals surface area contributed by atoms with E-state index in [0.29, 0.717) is 30.5 Å². The van der Waals surface area contributed by atoms with E-state index in [0.717, 1.165) is 5.56 Å². The highest BCUT2D eigenvalue weighted by molar-refractivity contribution is 14.0. The fraction of sp³-hybridized carbons (Fsp3) is 0.278. The van der Waals surface area contributed by atoms with E-state index in [1.54, 1.807) is 19.2 Å².